The van der Waals surface area contributed by atoms with Crippen molar-refractivity contribution in [2.45, 2.75) is 36.6 Å². The van der Waals surface area contributed by atoms with Gasteiger partial charge in [0.2, 0.25) is 5.91 Å². The van der Waals surface area contributed by atoms with E-state index in [4.69, 9.17) is 0 Å². The van der Waals surface area contributed by atoms with E-state index in [2.05, 4.69) is 26.5 Å². The lowest BCUT2D eigenvalue weighted by molar-refractivity contribution is -0.115. The summed E-state index contributed by atoms with van der Waals surface area (Å²) in [5.41, 5.74) is 2.00. The molecule has 3 rings (SSSR count). The Morgan fingerprint density at radius 1 is 1.25 bits per heavy atom. The van der Waals surface area contributed by atoms with Gasteiger partial charge in [0.15, 0.2) is 5.16 Å². The smallest absolute Gasteiger partial charge is 0.237 e. The molecular formula is C17H23N5OS. The van der Waals surface area contributed by atoms with E-state index < -0.39 is 0 Å². The summed E-state index contributed by atoms with van der Waals surface area (Å²) in [6.07, 6.45) is 5.34. The fraction of sp³-hybridized carbons (Fsp3) is 0.471. The number of thioether (sulfide) groups is 1. The summed E-state index contributed by atoms with van der Waals surface area (Å²) in [5.74, 6) is -0.0209. The molecule has 1 aromatic heterocycles. The first-order valence-corrected chi connectivity index (χ1v) is 9.18. The van der Waals surface area contributed by atoms with Crippen LogP contribution >= 0.6 is 11.8 Å². The van der Waals surface area contributed by atoms with Crippen molar-refractivity contribution in [1.29, 1.82) is 0 Å². The van der Waals surface area contributed by atoms with Gasteiger partial charge in [-0.3, -0.25) is 4.79 Å². The zero-order chi connectivity index (χ0) is 16.9. The van der Waals surface area contributed by atoms with Gasteiger partial charge in [0, 0.05) is 20.1 Å². The molecule has 0 spiro atoms. The van der Waals surface area contributed by atoms with Crippen LogP contribution in [0.2, 0.25) is 0 Å². The molecule has 1 aliphatic rings. The molecule has 2 heterocycles. The van der Waals surface area contributed by atoms with E-state index in [1.807, 2.05) is 36.7 Å². The first kappa shape index (κ1) is 16.8. The molecule has 0 bridgehead atoms. The van der Waals surface area contributed by atoms with Crippen LogP contribution in [0.25, 0.3) is 0 Å². The van der Waals surface area contributed by atoms with Crippen LogP contribution in [0.1, 0.15) is 26.2 Å². The molecule has 1 aliphatic heterocycles. The minimum atomic E-state index is -0.248. The van der Waals surface area contributed by atoms with E-state index >= 15 is 0 Å². The standard InChI is InChI=1S/C17H23N5OS/c1-13(24-17-20-18-12-21(17)2)16(23)19-14-8-4-5-9-15(14)22-10-6-3-7-11-22/h4-5,8-9,12-13H,3,6-7,10-11H2,1-2H3,(H,19,23). The molecule has 7 heteroatoms. The molecule has 1 aromatic carbocycles. The van der Waals surface area contributed by atoms with Crippen molar-refractivity contribution in [3.63, 3.8) is 0 Å². The molecule has 6 nitrogen and oxygen atoms in total. The number of hydrogen-bond acceptors (Lipinski definition) is 5. The molecule has 0 saturated carbocycles. The summed E-state index contributed by atoms with van der Waals surface area (Å²) >= 11 is 1.41. The molecule has 1 atom stereocenters. The monoisotopic (exact) mass is 345 g/mol. The van der Waals surface area contributed by atoms with Gasteiger partial charge >= 0.3 is 0 Å². The van der Waals surface area contributed by atoms with Gasteiger partial charge in [0.1, 0.15) is 6.33 Å². The molecule has 0 aliphatic carbocycles. The molecular weight excluding hydrogens is 322 g/mol. The van der Waals surface area contributed by atoms with E-state index in [1.54, 1.807) is 6.33 Å². The van der Waals surface area contributed by atoms with E-state index in [9.17, 15) is 4.79 Å². The zero-order valence-corrected chi connectivity index (χ0v) is 14.9. The van der Waals surface area contributed by atoms with Crippen LogP contribution in [0, 0.1) is 0 Å². The average Bonchev–Trinajstić information content (AvgIpc) is 3.01. The second-order valence-corrected chi connectivity index (χ2v) is 7.35. The Hall–Kier alpha value is -2.02. The quantitative estimate of drug-likeness (QED) is 0.844. The Bertz CT molecular complexity index is 696. The summed E-state index contributed by atoms with van der Waals surface area (Å²) in [7, 11) is 1.87. The van der Waals surface area contributed by atoms with Crippen molar-refractivity contribution in [3.8, 4) is 0 Å². The highest BCUT2D eigenvalue weighted by molar-refractivity contribution is 8.00. The van der Waals surface area contributed by atoms with Gasteiger partial charge in [-0.15, -0.1) is 10.2 Å². The Morgan fingerprint density at radius 3 is 2.71 bits per heavy atom. The van der Waals surface area contributed by atoms with Crippen molar-refractivity contribution in [2.24, 2.45) is 7.05 Å². The van der Waals surface area contributed by atoms with Gasteiger partial charge in [0.25, 0.3) is 0 Å². The molecule has 1 amide bonds. The number of nitrogens with zero attached hydrogens (tertiary/aromatic N) is 4. The molecule has 2 aromatic rings. The van der Waals surface area contributed by atoms with Gasteiger partial charge in [-0.25, -0.2) is 0 Å². The Morgan fingerprint density at radius 2 is 2.00 bits per heavy atom. The summed E-state index contributed by atoms with van der Waals surface area (Å²) in [6, 6.07) is 8.05. The summed E-state index contributed by atoms with van der Waals surface area (Å²) < 4.78 is 1.82. The predicted molar refractivity (Wildman–Crippen MR) is 97.5 cm³/mol. The van der Waals surface area contributed by atoms with Crippen molar-refractivity contribution in [1.82, 2.24) is 14.8 Å². The van der Waals surface area contributed by atoms with Gasteiger partial charge in [0.05, 0.1) is 16.6 Å². The third-order valence-corrected chi connectivity index (χ3v) is 5.33. The molecule has 1 fully saturated rings. The highest BCUT2D eigenvalue weighted by atomic mass is 32.2. The third kappa shape index (κ3) is 3.90. The van der Waals surface area contributed by atoms with Gasteiger partial charge in [-0.1, -0.05) is 23.9 Å². The van der Waals surface area contributed by atoms with Crippen LogP contribution in [0.5, 0.6) is 0 Å². The number of hydrogen-bond donors (Lipinski definition) is 1. The van der Waals surface area contributed by atoms with Crippen LogP contribution in [0.15, 0.2) is 35.7 Å². The summed E-state index contributed by atoms with van der Waals surface area (Å²) in [6.45, 7) is 3.99. The van der Waals surface area contributed by atoms with Gasteiger partial charge < -0.3 is 14.8 Å². The fourth-order valence-electron chi connectivity index (χ4n) is 2.82. The van der Waals surface area contributed by atoms with Crippen molar-refractivity contribution < 1.29 is 4.79 Å². The summed E-state index contributed by atoms with van der Waals surface area (Å²) in [5, 5.41) is 11.4. The number of nitrogens with one attached hydrogen (secondary N) is 1. The lowest BCUT2D eigenvalue weighted by Crippen LogP contribution is -2.31. The maximum absolute atomic E-state index is 12.6. The first-order chi connectivity index (χ1) is 11.6. The van der Waals surface area contributed by atoms with Gasteiger partial charge in [-0.05, 0) is 38.3 Å². The second-order valence-electron chi connectivity index (χ2n) is 6.04. The molecule has 128 valence electrons. The minimum absolute atomic E-state index is 0.0209. The fourth-order valence-corrected chi connectivity index (χ4v) is 3.61. The number of anilines is 2. The van der Waals surface area contributed by atoms with E-state index in [-0.39, 0.29) is 11.2 Å². The molecule has 1 unspecified atom stereocenters. The first-order valence-electron chi connectivity index (χ1n) is 8.30. The topological polar surface area (TPSA) is 63.1 Å². The highest BCUT2D eigenvalue weighted by Gasteiger charge is 2.20. The number of piperidine rings is 1. The van der Waals surface area contributed by atoms with Gasteiger partial charge in [-0.2, -0.15) is 0 Å². The Kier molecular flexibility index (Phi) is 5.40. The van der Waals surface area contributed by atoms with E-state index in [1.165, 1.54) is 31.0 Å². The lowest BCUT2D eigenvalue weighted by Gasteiger charge is -2.30. The van der Waals surface area contributed by atoms with Crippen LogP contribution in [0.3, 0.4) is 0 Å². The summed E-state index contributed by atoms with van der Waals surface area (Å²) in [4.78, 5) is 14.9. The van der Waals surface area contributed by atoms with E-state index in [0.29, 0.717) is 0 Å². The number of aryl methyl sites for hydroxylation is 1. The van der Waals surface area contributed by atoms with Crippen LogP contribution in [-0.2, 0) is 11.8 Å². The molecule has 24 heavy (non-hydrogen) atoms. The number of benzene rings is 1. The number of carbonyl (C=O) groups is 1. The SMILES string of the molecule is CC(Sc1nncn1C)C(=O)Nc1ccccc1N1CCCCC1. The van der Waals surface area contributed by atoms with Crippen LogP contribution in [-0.4, -0.2) is 39.0 Å². The Labute approximate surface area is 146 Å². The molecule has 1 saturated heterocycles. The maximum atomic E-state index is 12.6. The van der Waals surface area contributed by atoms with Crippen molar-refractivity contribution in [2.75, 3.05) is 23.3 Å². The van der Waals surface area contributed by atoms with Crippen LogP contribution < -0.4 is 10.2 Å². The predicted octanol–water partition coefficient (Wildman–Crippen LogP) is 2.92. The number of amides is 1. The number of rotatable bonds is 5. The normalized spacial score (nSPS) is 16.0. The highest BCUT2D eigenvalue weighted by Crippen LogP contribution is 2.29. The average molecular weight is 345 g/mol. The number of para-hydroxylation sites is 2. The lowest BCUT2D eigenvalue weighted by atomic mass is 10.1. The molecule has 0 radical (unpaired) electrons. The largest absolute Gasteiger partial charge is 0.370 e. The third-order valence-electron chi connectivity index (χ3n) is 4.18. The van der Waals surface area contributed by atoms with Crippen molar-refractivity contribution in [3.05, 3.63) is 30.6 Å². The molecule has 1 N–H and O–H groups in total. The number of aromatic nitrogens is 3. The van der Waals surface area contributed by atoms with E-state index in [0.717, 1.165) is 29.6 Å². The minimum Gasteiger partial charge on any atom is -0.370 e. The number of carbonyl (C=O) groups excluding carboxylic acids is 1. The second kappa shape index (κ2) is 7.70. The van der Waals surface area contributed by atoms with Crippen molar-refractivity contribution >= 4 is 29.0 Å². The Balaban J connectivity index is 1.68. The van der Waals surface area contributed by atoms with Crippen LogP contribution in [0.4, 0.5) is 11.4 Å². The zero-order valence-electron chi connectivity index (χ0n) is 14.1. The maximum Gasteiger partial charge on any atom is 0.237 e.